The first kappa shape index (κ1) is 44.6. The quantitative estimate of drug-likeness (QED) is 0.0630. The van der Waals surface area contributed by atoms with E-state index in [1.807, 2.05) is 41.9 Å². The molecule has 264 valence electrons. The van der Waals surface area contributed by atoms with E-state index >= 15 is 0 Å². The van der Waals surface area contributed by atoms with E-state index in [0.717, 1.165) is 0 Å². The molecule has 0 radical (unpaired) electrons. The fourth-order valence-electron chi connectivity index (χ4n) is 9.54. The second-order valence-corrected chi connectivity index (χ2v) is 64.6. The zero-order chi connectivity index (χ0) is 32.6. The Hall–Kier alpha value is 2.61. The molecule has 1 heterocycles. The van der Waals surface area contributed by atoms with E-state index < -0.39 is 63.2 Å². The fourth-order valence-corrected chi connectivity index (χ4v) is 89.6. The zero-order valence-corrected chi connectivity index (χ0v) is 42.2. The molecule has 4 heteroatoms. The van der Waals surface area contributed by atoms with Crippen molar-refractivity contribution in [3.05, 3.63) is 0 Å². The number of hydrogen-bond donors (Lipinski definition) is 0. The third kappa shape index (κ3) is 17.0. The van der Waals surface area contributed by atoms with Crippen LogP contribution < -0.4 is 0 Å². The molecule has 1 fully saturated rings. The first-order chi connectivity index (χ1) is 21.3. The van der Waals surface area contributed by atoms with Gasteiger partial charge in [0.25, 0.3) is 0 Å². The Labute approximate surface area is 295 Å². The van der Waals surface area contributed by atoms with Gasteiger partial charge in [0, 0.05) is 0 Å². The summed E-state index contributed by atoms with van der Waals surface area (Å²) in [6.45, 7) is 19.9. The van der Waals surface area contributed by atoms with Crippen LogP contribution in [0.2, 0.25) is 77.4 Å². The van der Waals surface area contributed by atoms with E-state index in [0.29, 0.717) is 0 Å². The molecule has 1 aliphatic rings. The van der Waals surface area contributed by atoms with Crippen LogP contribution in [-0.4, -0.2) is 63.2 Å². The predicted molar refractivity (Wildman–Crippen MR) is 219 cm³/mol. The molecule has 0 aromatic carbocycles. The third-order valence-electron chi connectivity index (χ3n) is 13.2. The fraction of sp³-hybridized carbons (Fsp3) is 1.00. The van der Waals surface area contributed by atoms with Gasteiger partial charge in [0.05, 0.1) is 0 Å². The SMILES string of the molecule is CCC[CH2][Sn]([CH2]CCC)([CH2]CCC)[CH2]C[Si]1(C[CH2][Sn]([CH2]CCC)([CH2]CCC)[CH2]CCC)C[CH2][Sn]([CH2]CCC)([CH2]CCC)[CH2]C1. The van der Waals surface area contributed by atoms with E-state index in [9.17, 15) is 0 Å². The van der Waals surface area contributed by atoms with Crippen LogP contribution in [0.25, 0.3) is 0 Å². The molecule has 0 bridgehead atoms. The molecule has 0 atom stereocenters. The van der Waals surface area contributed by atoms with E-state index in [1.165, 1.54) is 51.4 Å². The first-order valence-electron chi connectivity index (χ1n) is 21.3. The standard InChI is InChI=1S/C8H16Si.8C4H9.3Sn/c1-5-9(6-2,7-3)8-4;8*1-3-4-2;;;/h1-8H2;8*1,3-4H2,2H3;;;. The molecule has 0 unspecified atom stereocenters. The van der Waals surface area contributed by atoms with Crippen molar-refractivity contribution in [1.82, 2.24) is 0 Å². The Morgan fingerprint density at radius 2 is 0.659 bits per heavy atom. The van der Waals surface area contributed by atoms with Crippen LogP contribution >= 0.6 is 0 Å². The molecule has 0 amide bonds. The summed E-state index contributed by atoms with van der Waals surface area (Å²) >= 11 is -6.06. The molecule has 0 saturated carbocycles. The van der Waals surface area contributed by atoms with Gasteiger partial charge >= 0.3 is 299 Å². The monoisotopic (exact) mass is 956 g/mol. The first-order valence-corrected chi connectivity index (χ1v) is 48.4. The van der Waals surface area contributed by atoms with Crippen molar-refractivity contribution in [3.8, 4) is 0 Å². The van der Waals surface area contributed by atoms with Crippen molar-refractivity contribution in [2.45, 2.75) is 236 Å². The second-order valence-electron chi connectivity index (χ2n) is 16.8. The predicted octanol–water partition coefficient (Wildman–Crippen LogP) is 16.2. The molecule has 0 aliphatic carbocycles. The van der Waals surface area contributed by atoms with Crippen molar-refractivity contribution in [3.63, 3.8) is 0 Å². The molecular weight excluding hydrogens is 865 g/mol. The van der Waals surface area contributed by atoms with Gasteiger partial charge in [0.15, 0.2) is 0 Å². The van der Waals surface area contributed by atoms with Gasteiger partial charge in [-0.25, -0.2) is 0 Å². The van der Waals surface area contributed by atoms with Crippen molar-refractivity contribution >= 4 is 63.2 Å². The Bertz CT molecular complexity index is 565. The minimum absolute atomic E-state index is 1.15. The number of hydrogen-bond acceptors (Lipinski definition) is 0. The van der Waals surface area contributed by atoms with Crippen LogP contribution in [-0.2, 0) is 0 Å². The molecule has 0 N–H and O–H groups in total. The van der Waals surface area contributed by atoms with E-state index in [4.69, 9.17) is 0 Å². The summed E-state index contributed by atoms with van der Waals surface area (Å²) in [6.07, 6.45) is 24.3. The third-order valence-corrected chi connectivity index (χ3v) is 71.4. The summed E-state index contributed by atoms with van der Waals surface area (Å²) in [5.74, 6) is 0. The van der Waals surface area contributed by atoms with Crippen molar-refractivity contribution < 1.29 is 0 Å². The van der Waals surface area contributed by atoms with E-state index in [1.54, 1.807) is 86.9 Å². The van der Waals surface area contributed by atoms with E-state index in [-0.39, 0.29) is 0 Å². The molecule has 0 aromatic rings. The average Bonchev–Trinajstić information content (AvgIpc) is 3.06. The molecule has 1 aliphatic heterocycles. The molecule has 44 heavy (non-hydrogen) atoms. The summed E-state index contributed by atoms with van der Waals surface area (Å²) in [6, 6.07) is 7.40. The molecule has 1 saturated heterocycles. The topological polar surface area (TPSA) is 0 Å². The molecule has 0 spiro atoms. The van der Waals surface area contributed by atoms with Crippen LogP contribution in [0.5, 0.6) is 0 Å². The Kier molecular flexibility index (Phi) is 26.8. The Balaban J connectivity index is 3.39. The van der Waals surface area contributed by atoms with Crippen LogP contribution in [0.15, 0.2) is 0 Å². The average molecular weight is 953 g/mol. The van der Waals surface area contributed by atoms with Gasteiger partial charge in [-0.2, -0.15) is 0 Å². The molecule has 1 rings (SSSR count). The maximum absolute atomic E-state index is 2.49. The van der Waals surface area contributed by atoms with Gasteiger partial charge in [-0.3, -0.25) is 0 Å². The van der Waals surface area contributed by atoms with Gasteiger partial charge in [-0.15, -0.1) is 0 Å². The van der Waals surface area contributed by atoms with Gasteiger partial charge in [-0.1, -0.05) is 0 Å². The van der Waals surface area contributed by atoms with Crippen LogP contribution in [0.1, 0.15) is 158 Å². The van der Waals surface area contributed by atoms with Crippen LogP contribution in [0, 0.1) is 0 Å². The van der Waals surface area contributed by atoms with Crippen molar-refractivity contribution in [2.24, 2.45) is 0 Å². The molecule has 0 aromatic heterocycles. The number of unbranched alkanes of at least 4 members (excludes halogenated alkanes) is 8. The van der Waals surface area contributed by atoms with Crippen molar-refractivity contribution in [1.29, 1.82) is 0 Å². The second kappa shape index (κ2) is 26.4. The van der Waals surface area contributed by atoms with Gasteiger partial charge < -0.3 is 0 Å². The zero-order valence-electron chi connectivity index (χ0n) is 32.6. The summed E-state index contributed by atoms with van der Waals surface area (Å²) in [5.41, 5.74) is 0. The van der Waals surface area contributed by atoms with Gasteiger partial charge in [-0.05, 0) is 0 Å². The summed E-state index contributed by atoms with van der Waals surface area (Å²) in [7, 11) is -1.15. The van der Waals surface area contributed by atoms with E-state index in [2.05, 4.69) is 55.4 Å². The van der Waals surface area contributed by atoms with Gasteiger partial charge in [0.2, 0.25) is 0 Å². The number of rotatable bonds is 30. The normalized spacial score (nSPS) is 16.9. The van der Waals surface area contributed by atoms with Crippen LogP contribution in [0.3, 0.4) is 0 Å². The van der Waals surface area contributed by atoms with Gasteiger partial charge in [0.1, 0.15) is 0 Å². The van der Waals surface area contributed by atoms with Crippen molar-refractivity contribution in [2.75, 3.05) is 0 Å². The molecular formula is C40H88SiSn3. The summed E-state index contributed by atoms with van der Waals surface area (Å²) in [4.78, 5) is 0. The Morgan fingerprint density at radius 1 is 0.386 bits per heavy atom. The van der Waals surface area contributed by atoms with Crippen LogP contribution in [0.4, 0.5) is 0 Å². The summed E-state index contributed by atoms with van der Waals surface area (Å²) < 4.78 is 21.6. The maximum atomic E-state index is 2.49. The Morgan fingerprint density at radius 3 is 0.909 bits per heavy atom. The minimum atomic E-state index is -2.07. The molecule has 0 nitrogen and oxygen atoms in total. The summed E-state index contributed by atoms with van der Waals surface area (Å²) in [5, 5.41) is 0.